The number of phenols is 1. The number of phenolic OH excluding ortho intramolecular Hbond substituents is 1. The van der Waals surface area contributed by atoms with Crippen molar-refractivity contribution in [3.8, 4) is 23.1 Å². The lowest BCUT2D eigenvalue weighted by Gasteiger charge is -2.08. The first-order chi connectivity index (χ1) is 9.45. The van der Waals surface area contributed by atoms with Crippen LogP contribution in [0, 0.1) is 21.4 Å². The molecule has 5 N–H and O–H groups in total. The molecular weight excluding hydrogens is 264 g/mol. The van der Waals surface area contributed by atoms with Crippen molar-refractivity contribution < 1.29 is 10.0 Å². The number of para-hydroxylation sites is 1. The van der Waals surface area contributed by atoms with E-state index in [1.165, 1.54) is 12.1 Å². The Morgan fingerprint density at radius 2 is 2.05 bits per heavy atom. The topological polar surface area (TPSA) is 165 Å². The molecule has 0 aliphatic rings. The van der Waals surface area contributed by atoms with Gasteiger partial charge in [-0.15, -0.1) is 0 Å². The van der Waals surface area contributed by atoms with Crippen molar-refractivity contribution in [2.24, 2.45) is 0 Å². The van der Waals surface area contributed by atoms with Crippen LogP contribution in [-0.4, -0.2) is 20.0 Å². The minimum atomic E-state index is -0.751. The van der Waals surface area contributed by atoms with Gasteiger partial charge in [-0.05, 0) is 6.07 Å². The number of nitro groups is 1. The van der Waals surface area contributed by atoms with Crippen molar-refractivity contribution in [2.75, 3.05) is 11.5 Å². The molecule has 0 radical (unpaired) electrons. The van der Waals surface area contributed by atoms with Crippen LogP contribution in [0.1, 0.15) is 5.56 Å². The van der Waals surface area contributed by atoms with Gasteiger partial charge in [-0.3, -0.25) is 10.1 Å². The summed E-state index contributed by atoms with van der Waals surface area (Å²) in [7, 11) is 0. The lowest BCUT2D eigenvalue weighted by molar-refractivity contribution is -0.385. The maximum atomic E-state index is 10.8. The zero-order valence-electron chi connectivity index (χ0n) is 9.94. The molecule has 1 heterocycles. The zero-order chi connectivity index (χ0) is 14.9. The van der Waals surface area contributed by atoms with Gasteiger partial charge in [0.2, 0.25) is 11.7 Å². The number of aromatic hydroxyl groups is 1. The van der Waals surface area contributed by atoms with Gasteiger partial charge in [0.05, 0.1) is 16.2 Å². The number of benzene rings is 1. The van der Waals surface area contributed by atoms with E-state index in [1.54, 1.807) is 6.07 Å². The Morgan fingerprint density at radius 3 is 2.65 bits per heavy atom. The molecule has 9 heteroatoms. The molecule has 1 aromatic heterocycles. The zero-order valence-corrected chi connectivity index (χ0v) is 9.94. The quantitative estimate of drug-likeness (QED) is 0.533. The van der Waals surface area contributed by atoms with E-state index in [-0.39, 0.29) is 28.6 Å². The summed E-state index contributed by atoms with van der Waals surface area (Å²) in [6.45, 7) is 0. The van der Waals surface area contributed by atoms with Gasteiger partial charge < -0.3 is 16.6 Å². The highest BCUT2D eigenvalue weighted by atomic mass is 16.6. The number of aromatic nitrogens is 2. The van der Waals surface area contributed by atoms with Crippen molar-refractivity contribution in [2.45, 2.75) is 0 Å². The first kappa shape index (κ1) is 13.0. The first-order valence-electron chi connectivity index (χ1n) is 5.25. The molecule has 0 bridgehead atoms. The van der Waals surface area contributed by atoms with E-state index in [9.17, 15) is 15.2 Å². The summed E-state index contributed by atoms with van der Waals surface area (Å²) in [5.41, 5.74) is 10.3. The van der Waals surface area contributed by atoms with Gasteiger partial charge in [0.15, 0.2) is 0 Å². The van der Waals surface area contributed by atoms with Crippen molar-refractivity contribution in [3.63, 3.8) is 0 Å². The van der Waals surface area contributed by atoms with Crippen LogP contribution in [0.25, 0.3) is 11.3 Å². The number of anilines is 2. The van der Waals surface area contributed by atoms with E-state index in [4.69, 9.17) is 16.7 Å². The molecule has 2 rings (SSSR count). The average Bonchev–Trinajstić information content (AvgIpc) is 2.37. The molecule has 1 aromatic carbocycles. The molecule has 0 fully saturated rings. The summed E-state index contributed by atoms with van der Waals surface area (Å²) >= 11 is 0. The van der Waals surface area contributed by atoms with Crippen LogP contribution in [0.15, 0.2) is 18.2 Å². The van der Waals surface area contributed by atoms with Gasteiger partial charge in [-0.2, -0.15) is 10.2 Å². The Kier molecular flexibility index (Phi) is 3.06. The second kappa shape index (κ2) is 4.69. The molecule has 0 atom stereocenters. The molecular formula is C11H8N6O3. The summed E-state index contributed by atoms with van der Waals surface area (Å²) in [5.74, 6) is -0.991. The minimum absolute atomic E-state index is 0.0171. The van der Waals surface area contributed by atoms with Crippen molar-refractivity contribution in [3.05, 3.63) is 33.9 Å². The Bertz CT molecular complexity index is 753. The standard InChI is InChI=1S/C11H8N6O3/c12-4-6-8(15-11(14)16-10(6)13)5-2-1-3-7(9(5)18)17(19)20/h1-3,18H,(H4,13,14,15,16). The van der Waals surface area contributed by atoms with Crippen molar-refractivity contribution in [1.29, 1.82) is 5.26 Å². The predicted molar refractivity (Wildman–Crippen MR) is 69.3 cm³/mol. The SMILES string of the molecule is N#Cc1c(N)nc(N)nc1-c1cccc([N+](=O)[O-])c1O. The third-order valence-electron chi connectivity index (χ3n) is 2.53. The molecule has 0 aliphatic heterocycles. The molecule has 0 amide bonds. The molecule has 0 spiro atoms. The summed E-state index contributed by atoms with van der Waals surface area (Å²) < 4.78 is 0. The number of nitrogens with two attached hydrogens (primary N) is 2. The molecule has 20 heavy (non-hydrogen) atoms. The predicted octanol–water partition coefficient (Wildman–Crippen LogP) is 0.793. The summed E-state index contributed by atoms with van der Waals surface area (Å²) in [6.07, 6.45) is 0. The maximum absolute atomic E-state index is 10.8. The molecule has 100 valence electrons. The van der Waals surface area contributed by atoms with Crippen molar-refractivity contribution >= 4 is 17.5 Å². The number of nitrogen functional groups attached to an aromatic ring is 2. The molecule has 2 aromatic rings. The van der Waals surface area contributed by atoms with E-state index in [2.05, 4.69) is 9.97 Å². The number of hydrogen-bond donors (Lipinski definition) is 3. The lowest BCUT2D eigenvalue weighted by atomic mass is 10.0. The molecule has 9 nitrogen and oxygen atoms in total. The fourth-order valence-electron chi connectivity index (χ4n) is 1.67. The van der Waals surface area contributed by atoms with Crippen LogP contribution in [-0.2, 0) is 0 Å². The molecule has 0 unspecified atom stereocenters. The van der Waals surface area contributed by atoms with Crippen LogP contribution in [0.3, 0.4) is 0 Å². The molecule has 0 saturated carbocycles. The fourth-order valence-corrected chi connectivity index (χ4v) is 1.67. The van der Waals surface area contributed by atoms with Gasteiger partial charge >= 0.3 is 5.69 Å². The van der Waals surface area contributed by atoms with E-state index in [1.807, 2.05) is 0 Å². The van der Waals surface area contributed by atoms with E-state index in [0.29, 0.717) is 0 Å². The van der Waals surface area contributed by atoms with Crippen LogP contribution in [0.4, 0.5) is 17.5 Å². The second-order valence-electron chi connectivity index (χ2n) is 3.73. The van der Waals surface area contributed by atoms with E-state index >= 15 is 0 Å². The third kappa shape index (κ3) is 2.01. The number of nitro benzene ring substituents is 1. The second-order valence-corrected chi connectivity index (χ2v) is 3.73. The number of hydrogen-bond acceptors (Lipinski definition) is 8. The van der Waals surface area contributed by atoms with Crippen molar-refractivity contribution in [1.82, 2.24) is 9.97 Å². The third-order valence-corrected chi connectivity index (χ3v) is 2.53. The average molecular weight is 272 g/mol. The van der Waals surface area contributed by atoms with Gasteiger partial charge in [0, 0.05) is 6.07 Å². The summed E-state index contributed by atoms with van der Waals surface area (Å²) in [6, 6.07) is 5.62. The highest BCUT2D eigenvalue weighted by Gasteiger charge is 2.22. The van der Waals surface area contributed by atoms with E-state index < -0.39 is 16.4 Å². The number of nitriles is 1. The number of nitrogens with zero attached hydrogens (tertiary/aromatic N) is 4. The van der Waals surface area contributed by atoms with Crippen LogP contribution >= 0.6 is 0 Å². The Hall–Kier alpha value is -3.41. The van der Waals surface area contributed by atoms with Gasteiger partial charge in [0.1, 0.15) is 17.5 Å². The molecule has 0 aliphatic carbocycles. The Labute approximate surface area is 112 Å². The highest BCUT2D eigenvalue weighted by molar-refractivity contribution is 5.79. The Morgan fingerprint density at radius 1 is 1.35 bits per heavy atom. The van der Waals surface area contributed by atoms with Gasteiger partial charge in [0.25, 0.3) is 0 Å². The van der Waals surface area contributed by atoms with Gasteiger partial charge in [-0.1, -0.05) is 6.07 Å². The largest absolute Gasteiger partial charge is 0.502 e. The van der Waals surface area contributed by atoms with Crippen LogP contribution in [0.5, 0.6) is 5.75 Å². The minimum Gasteiger partial charge on any atom is -0.502 e. The fraction of sp³-hybridized carbons (Fsp3) is 0. The number of rotatable bonds is 2. The monoisotopic (exact) mass is 272 g/mol. The highest BCUT2D eigenvalue weighted by Crippen LogP contribution is 2.37. The lowest BCUT2D eigenvalue weighted by Crippen LogP contribution is -2.05. The Balaban J connectivity index is 2.79. The summed E-state index contributed by atoms with van der Waals surface area (Å²) in [4.78, 5) is 17.5. The normalized spacial score (nSPS) is 9.95. The smallest absolute Gasteiger partial charge is 0.311 e. The summed E-state index contributed by atoms with van der Waals surface area (Å²) in [5, 5.41) is 29.8. The van der Waals surface area contributed by atoms with Gasteiger partial charge in [-0.25, -0.2) is 4.98 Å². The van der Waals surface area contributed by atoms with Crippen LogP contribution < -0.4 is 11.5 Å². The maximum Gasteiger partial charge on any atom is 0.311 e. The van der Waals surface area contributed by atoms with E-state index in [0.717, 1.165) is 6.07 Å². The van der Waals surface area contributed by atoms with Crippen LogP contribution in [0.2, 0.25) is 0 Å². The first-order valence-corrected chi connectivity index (χ1v) is 5.25. The molecule has 0 saturated heterocycles.